The Kier molecular flexibility index (Phi) is 4.81. The highest BCUT2D eigenvalue weighted by Gasteiger charge is 2.39. The number of thiophene rings is 1. The molecule has 2 aliphatic rings. The molecule has 130 valence electrons. The minimum absolute atomic E-state index is 0.00178. The normalized spacial score (nSPS) is 26.9. The first-order valence-corrected chi connectivity index (χ1v) is 11.8. The molecule has 3 heterocycles. The molecule has 0 spiro atoms. The van der Waals surface area contributed by atoms with Crippen molar-refractivity contribution in [3.05, 3.63) is 10.4 Å². The second-order valence-electron chi connectivity index (χ2n) is 6.01. The van der Waals surface area contributed by atoms with E-state index in [0.717, 1.165) is 37.0 Å². The Balaban J connectivity index is 1.84. The molecule has 2 atom stereocenters. The first kappa shape index (κ1) is 17.6. The van der Waals surface area contributed by atoms with Gasteiger partial charge in [-0.15, -0.1) is 11.3 Å². The molecule has 2 saturated heterocycles. The largest absolute Gasteiger partial charge is 0.381 e. The smallest absolute Gasteiger partial charge is 0.245 e. The molecule has 0 amide bonds. The van der Waals surface area contributed by atoms with E-state index in [1.165, 1.54) is 10.4 Å². The standard InChI is InChI=1S/C13H18ClNO5S3/c1-22(16,17)12-6-11(13(14)21-12)23(18,19)15-4-2-9(7-15)10-3-5-20-8-10/h6,9-10H,2-5,7-8H2,1H3. The maximum absolute atomic E-state index is 12.8. The number of ether oxygens (including phenoxy) is 1. The summed E-state index contributed by atoms with van der Waals surface area (Å²) >= 11 is 6.79. The molecular weight excluding hydrogens is 382 g/mol. The van der Waals surface area contributed by atoms with Gasteiger partial charge in [-0.3, -0.25) is 0 Å². The Morgan fingerprint density at radius 1 is 1.26 bits per heavy atom. The number of sulfone groups is 1. The Bertz CT molecular complexity index is 796. The van der Waals surface area contributed by atoms with Crippen molar-refractivity contribution < 1.29 is 21.6 Å². The quantitative estimate of drug-likeness (QED) is 0.771. The monoisotopic (exact) mass is 399 g/mol. The van der Waals surface area contributed by atoms with E-state index < -0.39 is 19.9 Å². The molecule has 10 heteroatoms. The van der Waals surface area contributed by atoms with E-state index in [1.54, 1.807) is 0 Å². The number of hydrogen-bond acceptors (Lipinski definition) is 6. The molecule has 2 aliphatic heterocycles. The van der Waals surface area contributed by atoms with Crippen LogP contribution in [0, 0.1) is 11.8 Å². The average Bonchev–Trinajstić information content (AvgIpc) is 3.17. The summed E-state index contributed by atoms with van der Waals surface area (Å²) in [4.78, 5) is -0.104. The molecule has 3 rings (SSSR count). The van der Waals surface area contributed by atoms with Crippen molar-refractivity contribution in [2.75, 3.05) is 32.6 Å². The molecule has 0 saturated carbocycles. The topological polar surface area (TPSA) is 80.8 Å². The van der Waals surface area contributed by atoms with Crippen molar-refractivity contribution in [3.63, 3.8) is 0 Å². The third-order valence-corrected chi connectivity index (χ3v) is 9.73. The fraction of sp³-hybridized carbons (Fsp3) is 0.692. The molecule has 2 unspecified atom stereocenters. The fourth-order valence-corrected chi connectivity index (χ4v) is 7.62. The van der Waals surface area contributed by atoms with Crippen molar-refractivity contribution >= 4 is 42.8 Å². The van der Waals surface area contributed by atoms with Crippen LogP contribution in [-0.4, -0.2) is 53.7 Å². The van der Waals surface area contributed by atoms with Gasteiger partial charge in [-0.2, -0.15) is 4.31 Å². The number of nitrogens with zero attached hydrogens (tertiary/aromatic N) is 1. The summed E-state index contributed by atoms with van der Waals surface area (Å²) in [7, 11) is -7.24. The van der Waals surface area contributed by atoms with Gasteiger partial charge >= 0.3 is 0 Å². The molecule has 0 N–H and O–H groups in total. The van der Waals surface area contributed by atoms with Crippen molar-refractivity contribution in [1.82, 2.24) is 4.31 Å². The van der Waals surface area contributed by atoms with Crippen LogP contribution in [0.2, 0.25) is 4.34 Å². The van der Waals surface area contributed by atoms with E-state index in [2.05, 4.69) is 0 Å². The SMILES string of the molecule is CS(=O)(=O)c1cc(S(=O)(=O)N2CCC(C3CCOC3)C2)c(Cl)s1. The number of rotatable bonds is 4. The summed E-state index contributed by atoms with van der Waals surface area (Å²) in [5, 5.41) is 0. The number of halogens is 1. The van der Waals surface area contributed by atoms with Crippen LogP contribution in [0.15, 0.2) is 15.2 Å². The maximum atomic E-state index is 12.8. The summed E-state index contributed by atoms with van der Waals surface area (Å²) < 4.78 is 55.5. The van der Waals surface area contributed by atoms with Gasteiger partial charge in [0.2, 0.25) is 10.0 Å². The molecule has 0 bridgehead atoms. The summed E-state index contributed by atoms with van der Waals surface area (Å²) in [6.45, 7) is 2.30. The van der Waals surface area contributed by atoms with Gasteiger partial charge in [-0.05, 0) is 30.7 Å². The van der Waals surface area contributed by atoms with Crippen LogP contribution < -0.4 is 0 Å². The molecule has 23 heavy (non-hydrogen) atoms. The average molecular weight is 400 g/mol. The summed E-state index contributed by atoms with van der Waals surface area (Å²) in [6.07, 6.45) is 2.81. The van der Waals surface area contributed by atoms with Gasteiger partial charge in [0, 0.05) is 32.6 Å². The number of sulfonamides is 1. The Morgan fingerprint density at radius 3 is 2.57 bits per heavy atom. The maximum Gasteiger partial charge on any atom is 0.245 e. The lowest BCUT2D eigenvalue weighted by molar-refractivity contribution is 0.173. The minimum atomic E-state index is -3.76. The molecule has 6 nitrogen and oxygen atoms in total. The van der Waals surface area contributed by atoms with Gasteiger partial charge in [0.1, 0.15) is 13.4 Å². The van der Waals surface area contributed by atoms with Gasteiger partial charge in [0.25, 0.3) is 0 Å². The Labute approximate surface area is 145 Å². The van der Waals surface area contributed by atoms with E-state index in [0.29, 0.717) is 31.5 Å². The molecule has 0 aliphatic carbocycles. The zero-order valence-corrected chi connectivity index (χ0v) is 15.8. The minimum Gasteiger partial charge on any atom is -0.381 e. The Hall–Kier alpha value is -0.190. The van der Waals surface area contributed by atoms with Crippen molar-refractivity contribution in [2.45, 2.75) is 21.9 Å². The zero-order valence-electron chi connectivity index (χ0n) is 12.6. The molecule has 2 fully saturated rings. The third-order valence-electron chi connectivity index (χ3n) is 4.44. The zero-order chi connectivity index (χ0) is 16.8. The van der Waals surface area contributed by atoms with E-state index in [4.69, 9.17) is 16.3 Å². The molecule has 1 aromatic rings. The summed E-state index contributed by atoms with van der Waals surface area (Å²) in [5.74, 6) is 0.693. The predicted molar refractivity (Wildman–Crippen MR) is 88.2 cm³/mol. The lowest BCUT2D eigenvalue weighted by atomic mass is 9.91. The van der Waals surface area contributed by atoms with E-state index in [9.17, 15) is 16.8 Å². The fourth-order valence-electron chi connectivity index (χ4n) is 3.11. The predicted octanol–water partition coefficient (Wildman–Crippen LogP) is 1.85. The van der Waals surface area contributed by atoms with Gasteiger partial charge in [0.05, 0.1) is 0 Å². The molecular formula is C13H18ClNO5S3. The van der Waals surface area contributed by atoms with Crippen LogP contribution in [0.1, 0.15) is 12.8 Å². The lowest BCUT2D eigenvalue weighted by Gasteiger charge is -2.18. The van der Waals surface area contributed by atoms with Gasteiger partial charge in [0.15, 0.2) is 9.84 Å². The van der Waals surface area contributed by atoms with Gasteiger partial charge in [-0.1, -0.05) is 11.6 Å². The summed E-state index contributed by atoms with van der Waals surface area (Å²) in [6, 6.07) is 1.17. The van der Waals surface area contributed by atoms with Crippen LogP contribution in [0.5, 0.6) is 0 Å². The molecule has 1 aromatic heterocycles. The van der Waals surface area contributed by atoms with Crippen LogP contribution in [0.25, 0.3) is 0 Å². The highest BCUT2D eigenvalue weighted by atomic mass is 35.5. The lowest BCUT2D eigenvalue weighted by Crippen LogP contribution is -2.30. The summed E-state index contributed by atoms with van der Waals surface area (Å²) in [5.41, 5.74) is 0. The third kappa shape index (κ3) is 3.45. The van der Waals surface area contributed by atoms with Crippen LogP contribution in [0.4, 0.5) is 0 Å². The van der Waals surface area contributed by atoms with Crippen LogP contribution in [0.3, 0.4) is 0 Å². The highest BCUT2D eigenvalue weighted by Crippen LogP contribution is 2.38. The van der Waals surface area contributed by atoms with E-state index >= 15 is 0 Å². The van der Waals surface area contributed by atoms with E-state index in [1.807, 2.05) is 0 Å². The van der Waals surface area contributed by atoms with Crippen LogP contribution >= 0.6 is 22.9 Å². The first-order chi connectivity index (χ1) is 10.7. The first-order valence-electron chi connectivity index (χ1n) is 7.27. The van der Waals surface area contributed by atoms with Crippen molar-refractivity contribution in [1.29, 1.82) is 0 Å². The second kappa shape index (κ2) is 6.27. The van der Waals surface area contributed by atoms with Gasteiger partial charge < -0.3 is 4.74 Å². The van der Waals surface area contributed by atoms with Crippen LogP contribution in [-0.2, 0) is 24.6 Å². The second-order valence-corrected chi connectivity index (χ2v) is 11.8. The van der Waals surface area contributed by atoms with Crippen molar-refractivity contribution in [2.24, 2.45) is 11.8 Å². The molecule has 0 radical (unpaired) electrons. The molecule has 0 aromatic carbocycles. The van der Waals surface area contributed by atoms with Crippen molar-refractivity contribution in [3.8, 4) is 0 Å². The van der Waals surface area contributed by atoms with Gasteiger partial charge in [-0.25, -0.2) is 16.8 Å². The highest BCUT2D eigenvalue weighted by molar-refractivity contribution is 7.93. The number of hydrogen-bond donors (Lipinski definition) is 0. The Morgan fingerprint density at radius 2 is 2.00 bits per heavy atom. The van der Waals surface area contributed by atoms with E-state index in [-0.39, 0.29) is 13.4 Å².